The van der Waals surface area contributed by atoms with Crippen LogP contribution in [-0.2, 0) is 13.6 Å². The van der Waals surface area contributed by atoms with Crippen LogP contribution in [0.2, 0.25) is 0 Å². The molecule has 2 aromatic heterocycles. The first kappa shape index (κ1) is 13.6. The highest BCUT2D eigenvalue weighted by Crippen LogP contribution is 2.27. The molecule has 6 heteroatoms. The lowest BCUT2D eigenvalue weighted by Gasteiger charge is -2.08. The van der Waals surface area contributed by atoms with Crippen LogP contribution in [0, 0.1) is 0 Å². The minimum absolute atomic E-state index is 0.129. The van der Waals surface area contributed by atoms with Gasteiger partial charge in [-0.1, -0.05) is 0 Å². The molecule has 3 aromatic rings. The van der Waals surface area contributed by atoms with Gasteiger partial charge in [0.25, 0.3) is 5.56 Å². The Morgan fingerprint density at radius 1 is 1.33 bits per heavy atom. The minimum Gasteiger partial charge on any atom is -0.497 e. The van der Waals surface area contributed by atoms with Crippen LogP contribution < -0.4 is 10.3 Å². The number of hydrogen-bond acceptors (Lipinski definition) is 4. The molecule has 2 heterocycles. The molecule has 0 radical (unpaired) electrons. The van der Waals surface area contributed by atoms with Crippen molar-refractivity contribution in [2.24, 2.45) is 7.05 Å². The van der Waals surface area contributed by atoms with Crippen molar-refractivity contribution >= 4 is 21.8 Å². The number of ether oxygens (including phenoxy) is 1. The molecule has 0 fully saturated rings. The Balaban J connectivity index is 2.42. The van der Waals surface area contributed by atoms with Crippen LogP contribution in [0.4, 0.5) is 0 Å². The van der Waals surface area contributed by atoms with E-state index < -0.39 is 0 Å². The van der Waals surface area contributed by atoms with E-state index in [0.29, 0.717) is 17.7 Å². The van der Waals surface area contributed by atoms with Gasteiger partial charge in [0.05, 0.1) is 18.2 Å². The number of aromatic nitrogens is 3. The number of fused-ring (bicyclic) bond motifs is 3. The third-order valence-corrected chi connectivity index (χ3v) is 3.56. The second-order valence-electron chi connectivity index (χ2n) is 5.40. The van der Waals surface area contributed by atoms with Crippen molar-refractivity contribution in [1.82, 2.24) is 19.7 Å². The second-order valence-corrected chi connectivity index (χ2v) is 5.40. The lowest BCUT2D eigenvalue weighted by atomic mass is 10.1. The molecule has 0 saturated carbocycles. The smallest absolute Gasteiger partial charge is 0.257 e. The largest absolute Gasteiger partial charge is 0.497 e. The van der Waals surface area contributed by atoms with Crippen LogP contribution in [0.5, 0.6) is 5.75 Å². The van der Waals surface area contributed by atoms with Crippen LogP contribution in [0.15, 0.2) is 23.0 Å². The van der Waals surface area contributed by atoms with E-state index in [1.807, 2.05) is 33.3 Å². The third-order valence-electron chi connectivity index (χ3n) is 3.56. The molecule has 0 bridgehead atoms. The molecule has 21 heavy (non-hydrogen) atoms. The zero-order chi connectivity index (χ0) is 15.1. The first-order valence-electron chi connectivity index (χ1n) is 6.71. The highest BCUT2D eigenvalue weighted by molar-refractivity contribution is 6.06. The fourth-order valence-electron chi connectivity index (χ4n) is 2.65. The van der Waals surface area contributed by atoms with Crippen LogP contribution in [-0.4, -0.2) is 40.9 Å². The summed E-state index contributed by atoms with van der Waals surface area (Å²) >= 11 is 0. The molecular formula is C15H18N4O2. The number of aromatic amines is 1. The van der Waals surface area contributed by atoms with Crippen molar-refractivity contribution in [1.29, 1.82) is 0 Å². The Kier molecular flexibility index (Phi) is 3.17. The fraction of sp³-hybridized carbons (Fsp3) is 0.333. The quantitative estimate of drug-likeness (QED) is 0.792. The van der Waals surface area contributed by atoms with Gasteiger partial charge in [0.1, 0.15) is 11.4 Å². The standard InChI is InChI=1S/C15H18N4O2/c1-18(2)8-12-13-10-6-5-9(21-4)7-11(10)15(20)16-14(13)19(3)17-12/h5-7H,8H2,1-4H3,(H,16,20). The molecule has 0 atom stereocenters. The van der Waals surface area contributed by atoms with E-state index in [9.17, 15) is 4.79 Å². The van der Waals surface area contributed by atoms with Gasteiger partial charge in [0, 0.05) is 24.4 Å². The monoisotopic (exact) mass is 286 g/mol. The van der Waals surface area contributed by atoms with Gasteiger partial charge >= 0.3 is 0 Å². The predicted molar refractivity (Wildman–Crippen MR) is 82.8 cm³/mol. The van der Waals surface area contributed by atoms with Gasteiger partial charge in [-0.3, -0.25) is 9.48 Å². The minimum atomic E-state index is -0.129. The average Bonchev–Trinajstić information content (AvgIpc) is 2.74. The fourth-order valence-corrected chi connectivity index (χ4v) is 2.65. The Hall–Kier alpha value is -2.34. The number of nitrogens with zero attached hydrogens (tertiary/aromatic N) is 3. The Bertz CT molecular complexity index is 877. The maximum Gasteiger partial charge on any atom is 0.257 e. The molecule has 6 nitrogen and oxygen atoms in total. The number of rotatable bonds is 3. The van der Waals surface area contributed by atoms with Gasteiger partial charge in [0.2, 0.25) is 0 Å². The predicted octanol–water partition coefficient (Wildman–Crippen LogP) is 1.49. The van der Waals surface area contributed by atoms with Crippen molar-refractivity contribution < 1.29 is 4.74 Å². The summed E-state index contributed by atoms with van der Waals surface area (Å²) in [5, 5.41) is 7.05. The van der Waals surface area contributed by atoms with Gasteiger partial charge < -0.3 is 14.6 Å². The molecule has 0 amide bonds. The first-order valence-corrected chi connectivity index (χ1v) is 6.71. The lowest BCUT2D eigenvalue weighted by molar-refractivity contribution is 0.396. The molecule has 0 aliphatic carbocycles. The van der Waals surface area contributed by atoms with Crippen molar-refractivity contribution in [3.8, 4) is 5.75 Å². The van der Waals surface area contributed by atoms with Crippen molar-refractivity contribution in [3.05, 3.63) is 34.2 Å². The second kappa shape index (κ2) is 4.89. The molecule has 3 rings (SSSR count). The van der Waals surface area contributed by atoms with Crippen LogP contribution in [0.1, 0.15) is 5.69 Å². The number of nitrogens with one attached hydrogen (secondary N) is 1. The van der Waals surface area contributed by atoms with Crippen LogP contribution in [0.3, 0.4) is 0 Å². The molecule has 0 aliphatic heterocycles. The van der Waals surface area contributed by atoms with E-state index in [1.165, 1.54) is 0 Å². The highest BCUT2D eigenvalue weighted by atomic mass is 16.5. The molecule has 0 spiro atoms. The van der Waals surface area contributed by atoms with Crippen LogP contribution in [0.25, 0.3) is 21.8 Å². The first-order chi connectivity index (χ1) is 10.0. The van der Waals surface area contributed by atoms with E-state index in [4.69, 9.17) is 4.74 Å². The van der Waals surface area contributed by atoms with Gasteiger partial charge in [0.15, 0.2) is 0 Å². The van der Waals surface area contributed by atoms with Crippen molar-refractivity contribution in [3.63, 3.8) is 0 Å². The molecule has 0 aliphatic rings. The van der Waals surface area contributed by atoms with Gasteiger partial charge in [-0.2, -0.15) is 5.10 Å². The summed E-state index contributed by atoms with van der Waals surface area (Å²) in [5.74, 6) is 0.672. The maximum atomic E-state index is 12.3. The Morgan fingerprint density at radius 2 is 2.10 bits per heavy atom. The zero-order valence-electron chi connectivity index (χ0n) is 12.6. The number of aryl methyl sites for hydroxylation is 1. The average molecular weight is 286 g/mol. The summed E-state index contributed by atoms with van der Waals surface area (Å²) in [4.78, 5) is 17.3. The summed E-state index contributed by atoms with van der Waals surface area (Å²) in [6, 6.07) is 5.56. The van der Waals surface area contributed by atoms with Gasteiger partial charge in [-0.15, -0.1) is 0 Å². The number of hydrogen-bond donors (Lipinski definition) is 1. The zero-order valence-corrected chi connectivity index (χ0v) is 12.6. The molecule has 1 aromatic carbocycles. The van der Waals surface area contributed by atoms with E-state index in [0.717, 1.165) is 22.1 Å². The molecule has 1 N–H and O–H groups in total. The normalized spacial score (nSPS) is 11.7. The van der Waals surface area contributed by atoms with E-state index in [-0.39, 0.29) is 5.56 Å². The third kappa shape index (κ3) is 2.17. The number of H-pyrrole nitrogens is 1. The summed E-state index contributed by atoms with van der Waals surface area (Å²) < 4.78 is 6.93. The lowest BCUT2D eigenvalue weighted by Crippen LogP contribution is -2.12. The summed E-state index contributed by atoms with van der Waals surface area (Å²) in [6.45, 7) is 0.713. The summed E-state index contributed by atoms with van der Waals surface area (Å²) in [5.41, 5.74) is 1.56. The molecular weight excluding hydrogens is 268 g/mol. The topological polar surface area (TPSA) is 63.2 Å². The van der Waals surface area contributed by atoms with Gasteiger partial charge in [-0.05, 0) is 32.3 Å². The van der Waals surface area contributed by atoms with E-state index in [2.05, 4.69) is 15.0 Å². The number of pyridine rings is 1. The molecule has 0 unspecified atom stereocenters. The summed E-state index contributed by atoms with van der Waals surface area (Å²) in [6.07, 6.45) is 0. The van der Waals surface area contributed by atoms with Crippen molar-refractivity contribution in [2.45, 2.75) is 6.54 Å². The number of benzene rings is 1. The molecule has 110 valence electrons. The van der Waals surface area contributed by atoms with Crippen LogP contribution >= 0.6 is 0 Å². The SMILES string of the molecule is COc1ccc2c(c1)c(=O)[nH]c1c2c(CN(C)C)nn1C. The Labute approximate surface area is 121 Å². The van der Waals surface area contributed by atoms with E-state index >= 15 is 0 Å². The summed E-state index contributed by atoms with van der Waals surface area (Å²) in [7, 11) is 7.43. The maximum absolute atomic E-state index is 12.3. The number of methoxy groups -OCH3 is 1. The molecule has 0 saturated heterocycles. The van der Waals surface area contributed by atoms with E-state index in [1.54, 1.807) is 17.9 Å². The highest BCUT2D eigenvalue weighted by Gasteiger charge is 2.15. The van der Waals surface area contributed by atoms with Gasteiger partial charge in [-0.25, -0.2) is 0 Å². The van der Waals surface area contributed by atoms with Crippen molar-refractivity contribution in [2.75, 3.05) is 21.2 Å². The Morgan fingerprint density at radius 3 is 2.76 bits per heavy atom.